The van der Waals surface area contributed by atoms with Gasteiger partial charge in [-0.25, -0.2) is 23.0 Å². The van der Waals surface area contributed by atoms with Crippen LogP contribution >= 0.6 is 0 Å². The van der Waals surface area contributed by atoms with Crippen molar-refractivity contribution in [2.45, 2.75) is 9.92 Å². The summed E-state index contributed by atoms with van der Waals surface area (Å²) in [6.45, 7) is 0. The Kier molecular flexibility index (Phi) is 5.57. The molecular weight excluding hydrogens is 444 g/mol. The van der Waals surface area contributed by atoms with E-state index in [9.17, 15) is 28.2 Å². The number of aromatic carboxylic acids is 2. The Labute approximate surface area is 189 Å². The summed E-state index contributed by atoms with van der Waals surface area (Å²) in [5, 5.41) is 18.9. The first-order valence-corrected chi connectivity index (χ1v) is 11.2. The number of carbonyl (C=O) groups is 2. The number of sulfone groups is 1. The Bertz CT molecular complexity index is 1480. The summed E-state index contributed by atoms with van der Waals surface area (Å²) in [4.78, 5) is 28.0. The molecule has 0 bridgehead atoms. The number of nitrogens with zero attached hydrogens (tertiary/aromatic N) is 2. The zero-order valence-electron chi connectivity index (χ0n) is 17.3. The number of carboxylic acid groups (broad SMARTS) is 2. The molecule has 8 nitrogen and oxygen atoms in total. The lowest BCUT2D eigenvalue weighted by molar-refractivity contribution is 0.0676. The molecule has 4 rings (SSSR count). The van der Waals surface area contributed by atoms with E-state index in [2.05, 4.69) is 4.98 Å². The number of benzene rings is 3. The molecule has 0 saturated heterocycles. The maximum Gasteiger partial charge on any atom is 0.355 e. The van der Waals surface area contributed by atoms with Crippen LogP contribution in [0.15, 0.2) is 88.8 Å². The molecule has 9 heteroatoms. The molecule has 0 fully saturated rings. The first-order valence-electron chi connectivity index (χ1n) is 9.75. The van der Waals surface area contributed by atoms with Gasteiger partial charge in [0.05, 0.1) is 10.5 Å². The molecule has 1 heterocycles. The van der Waals surface area contributed by atoms with E-state index in [0.29, 0.717) is 11.1 Å². The first kappa shape index (κ1) is 22.0. The van der Waals surface area contributed by atoms with Crippen molar-refractivity contribution in [2.75, 3.05) is 0 Å². The Hall–Kier alpha value is -4.24. The average molecular weight is 462 g/mol. The summed E-state index contributed by atoms with van der Waals surface area (Å²) in [5.74, 6) is -2.63. The number of carboxylic acids is 2. The third-order valence-electron chi connectivity index (χ3n) is 5.17. The van der Waals surface area contributed by atoms with Gasteiger partial charge in [0.25, 0.3) is 0 Å². The molecule has 4 aromatic rings. The molecule has 166 valence electrons. The van der Waals surface area contributed by atoms with E-state index in [1.54, 1.807) is 42.5 Å². The van der Waals surface area contributed by atoms with E-state index in [4.69, 9.17) is 0 Å². The van der Waals surface area contributed by atoms with Gasteiger partial charge in [-0.3, -0.25) is 0 Å². The normalized spacial score (nSPS) is 11.3. The average Bonchev–Trinajstić information content (AvgIpc) is 3.18. The number of imidazole rings is 1. The van der Waals surface area contributed by atoms with Gasteiger partial charge in [-0.1, -0.05) is 60.7 Å². The van der Waals surface area contributed by atoms with Crippen molar-refractivity contribution < 1.29 is 28.2 Å². The van der Waals surface area contributed by atoms with Gasteiger partial charge in [-0.15, -0.1) is 0 Å². The number of aromatic nitrogens is 2. The summed E-state index contributed by atoms with van der Waals surface area (Å²) in [6.07, 6.45) is 0. The van der Waals surface area contributed by atoms with Crippen molar-refractivity contribution in [3.63, 3.8) is 0 Å². The predicted molar refractivity (Wildman–Crippen MR) is 120 cm³/mol. The molecule has 3 aromatic carbocycles. The third kappa shape index (κ3) is 3.90. The minimum atomic E-state index is -4.23. The molecule has 2 N–H and O–H groups in total. The number of hydrogen-bond donors (Lipinski definition) is 2. The van der Waals surface area contributed by atoms with Crippen molar-refractivity contribution in [2.24, 2.45) is 7.05 Å². The summed E-state index contributed by atoms with van der Waals surface area (Å²) in [5.41, 5.74) is 0.895. The van der Waals surface area contributed by atoms with E-state index in [0.717, 1.165) is 4.57 Å². The Balaban J connectivity index is 1.92. The lowest BCUT2D eigenvalue weighted by Crippen LogP contribution is -2.12. The van der Waals surface area contributed by atoms with Gasteiger partial charge >= 0.3 is 11.9 Å². The van der Waals surface area contributed by atoms with Crippen molar-refractivity contribution in [3.05, 3.63) is 90.1 Å². The Morgan fingerprint density at radius 2 is 1.42 bits per heavy atom. The zero-order chi connectivity index (χ0) is 23.8. The van der Waals surface area contributed by atoms with Crippen LogP contribution < -0.4 is 0 Å². The molecule has 0 radical (unpaired) electrons. The standard InChI is InChI=1S/C24H18N2O6S/c1-26-20(24(29)30)22(33(31,32)17-10-6-3-7-11-17)25-21(26)16-12-13-18(19(14-16)23(27)28)15-8-4-2-5-9-15/h2-14H,1H3,(H,27,28)(H,29,30). The van der Waals surface area contributed by atoms with Gasteiger partial charge in [0.2, 0.25) is 9.84 Å². The highest BCUT2D eigenvalue weighted by Gasteiger charge is 2.32. The molecule has 0 amide bonds. The van der Waals surface area contributed by atoms with Crippen LogP contribution in [0.25, 0.3) is 22.5 Å². The minimum absolute atomic E-state index is 0.0176. The van der Waals surface area contributed by atoms with Gasteiger partial charge in [-0.05, 0) is 29.3 Å². The van der Waals surface area contributed by atoms with Crippen LogP contribution in [0.2, 0.25) is 0 Å². The fourth-order valence-electron chi connectivity index (χ4n) is 3.60. The minimum Gasteiger partial charge on any atom is -0.478 e. The lowest BCUT2D eigenvalue weighted by atomic mass is 9.97. The lowest BCUT2D eigenvalue weighted by Gasteiger charge is -2.09. The van der Waals surface area contributed by atoms with Crippen LogP contribution in [0.3, 0.4) is 0 Å². The zero-order valence-corrected chi connectivity index (χ0v) is 18.2. The maximum atomic E-state index is 13.1. The Morgan fingerprint density at radius 1 is 0.818 bits per heavy atom. The largest absolute Gasteiger partial charge is 0.478 e. The van der Waals surface area contributed by atoms with E-state index in [1.165, 1.54) is 37.4 Å². The number of rotatable bonds is 6. The van der Waals surface area contributed by atoms with E-state index >= 15 is 0 Å². The second kappa shape index (κ2) is 8.36. The molecule has 0 spiro atoms. The molecule has 0 unspecified atom stereocenters. The van der Waals surface area contributed by atoms with Gasteiger partial charge in [0.1, 0.15) is 5.82 Å². The molecule has 0 saturated carbocycles. The summed E-state index contributed by atoms with van der Waals surface area (Å²) >= 11 is 0. The van der Waals surface area contributed by atoms with Crippen LogP contribution in [-0.2, 0) is 16.9 Å². The van der Waals surface area contributed by atoms with Crippen molar-refractivity contribution in [1.82, 2.24) is 9.55 Å². The maximum absolute atomic E-state index is 13.1. The summed E-state index contributed by atoms with van der Waals surface area (Å²) < 4.78 is 27.4. The smallest absolute Gasteiger partial charge is 0.355 e. The van der Waals surface area contributed by atoms with Crippen molar-refractivity contribution >= 4 is 21.8 Å². The van der Waals surface area contributed by atoms with Crippen LogP contribution in [0, 0.1) is 0 Å². The topological polar surface area (TPSA) is 127 Å². The third-order valence-corrected chi connectivity index (χ3v) is 6.85. The van der Waals surface area contributed by atoms with Crippen LogP contribution in [0.5, 0.6) is 0 Å². The second-order valence-electron chi connectivity index (χ2n) is 7.20. The highest BCUT2D eigenvalue weighted by Crippen LogP contribution is 2.32. The molecule has 1 aromatic heterocycles. The highest BCUT2D eigenvalue weighted by molar-refractivity contribution is 7.91. The molecule has 0 aliphatic carbocycles. The number of hydrogen-bond acceptors (Lipinski definition) is 5. The van der Waals surface area contributed by atoms with Crippen molar-refractivity contribution in [3.8, 4) is 22.5 Å². The van der Waals surface area contributed by atoms with Crippen LogP contribution in [-0.4, -0.2) is 40.1 Å². The summed E-state index contributed by atoms with van der Waals surface area (Å²) in [6, 6.07) is 20.9. The molecular formula is C24H18N2O6S. The predicted octanol–water partition coefficient (Wildman–Crippen LogP) is 3.98. The second-order valence-corrected chi connectivity index (χ2v) is 9.07. The quantitative estimate of drug-likeness (QED) is 0.444. The van der Waals surface area contributed by atoms with E-state index < -0.39 is 32.5 Å². The Morgan fingerprint density at radius 3 is 2.00 bits per heavy atom. The molecule has 0 aliphatic rings. The SMILES string of the molecule is Cn1c(-c2ccc(-c3ccccc3)c(C(=O)O)c2)nc(S(=O)(=O)c2ccccc2)c1C(=O)O. The van der Waals surface area contributed by atoms with Gasteiger partial charge in [0, 0.05) is 12.6 Å². The van der Waals surface area contributed by atoms with E-state index in [-0.39, 0.29) is 21.8 Å². The molecule has 0 aliphatic heterocycles. The van der Waals surface area contributed by atoms with E-state index in [1.807, 2.05) is 6.07 Å². The van der Waals surface area contributed by atoms with Crippen LogP contribution in [0.1, 0.15) is 20.8 Å². The monoisotopic (exact) mass is 462 g/mol. The molecule has 33 heavy (non-hydrogen) atoms. The van der Waals surface area contributed by atoms with Gasteiger partial charge < -0.3 is 14.8 Å². The van der Waals surface area contributed by atoms with Crippen molar-refractivity contribution in [1.29, 1.82) is 0 Å². The first-order chi connectivity index (χ1) is 15.7. The fourth-order valence-corrected chi connectivity index (χ4v) is 5.02. The molecule has 0 atom stereocenters. The van der Waals surface area contributed by atoms with Gasteiger partial charge in [0.15, 0.2) is 10.7 Å². The van der Waals surface area contributed by atoms with Crippen LogP contribution in [0.4, 0.5) is 0 Å². The van der Waals surface area contributed by atoms with Gasteiger partial charge in [-0.2, -0.15) is 0 Å². The highest BCUT2D eigenvalue weighted by atomic mass is 32.2. The summed E-state index contributed by atoms with van der Waals surface area (Å²) in [7, 11) is -2.85. The fraction of sp³-hybridized carbons (Fsp3) is 0.0417.